The van der Waals surface area contributed by atoms with E-state index in [4.69, 9.17) is 0 Å². The molecule has 152 valence electrons. The number of carbonyl (C=O) groups excluding carboxylic acids is 2. The molecule has 0 aromatic heterocycles. The van der Waals surface area contributed by atoms with Crippen LogP contribution in [0.1, 0.15) is 37.8 Å². The van der Waals surface area contributed by atoms with Crippen LogP contribution >= 0.6 is 12.8 Å². The van der Waals surface area contributed by atoms with Gasteiger partial charge in [0.1, 0.15) is 5.70 Å². The van der Waals surface area contributed by atoms with Gasteiger partial charge in [-0.05, 0) is 34.9 Å². The highest BCUT2D eigenvalue weighted by Crippen LogP contribution is 2.18. The Kier molecular flexibility index (Phi) is 10.8. The molecule has 1 atom stereocenters. The second-order valence-corrected chi connectivity index (χ2v) is 6.56. The highest BCUT2D eigenvalue weighted by atomic mass is 32.1. The van der Waals surface area contributed by atoms with Crippen molar-refractivity contribution in [3.63, 3.8) is 0 Å². The van der Waals surface area contributed by atoms with Gasteiger partial charge in [0.15, 0.2) is 0 Å². The highest BCUT2D eigenvalue weighted by molar-refractivity contribution is 7.77. The molecule has 1 aromatic rings. The molecule has 8 nitrogen and oxygen atoms in total. The van der Waals surface area contributed by atoms with Crippen LogP contribution in [0.15, 0.2) is 53.1 Å². The van der Waals surface area contributed by atoms with Crippen molar-refractivity contribution in [2.45, 2.75) is 33.1 Å². The normalized spacial score (nSPS) is 13.1. The Bertz CT molecular complexity index is 721. The predicted octanol–water partition coefficient (Wildman–Crippen LogP) is 2.56. The summed E-state index contributed by atoms with van der Waals surface area (Å²) in [4.78, 5) is 33.2. The third-order valence-electron chi connectivity index (χ3n) is 3.61. The number of hydrogen-bond donors (Lipinski definition) is 4. The van der Waals surface area contributed by atoms with Crippen molar-refractivity contribution in [3.8, 4) is 0 Å². The number of hydrogen-bond acceptors (Lipinski definition) is 10. The van der Waals surface area contributed by atoms with Gasteiger partial charge in [-0.1, -0.05) is 55.8 Å². The van der Waals surface area contributed by atoms with E-state index in [1.165, 1.54) is 11.8 Å². The van der Waals surface area contributed by atoms with E-state index in [0.29, 0.717) is 5.92 Å². The molecule has 0 amide bonds. The average molecular weight is 425 g/mol. The minimum Gasteiger partial charge on any atom is -0.364 e. The number of carbonyl (C=O) groups is 2. The Hall–Kier alpha value is -2.43. The summed E-state index contributed by atoms with van der Waals surface area (Å²) >= 11 is 7.71. The van der Waals surface area contributed by atoms with Gasteiger partial charge in [-0.15, -0.1) is 0 Å². The number of nitrogens with zero attached hydrogens (tertiary/aromatic N) is 1. The molecule has 28 heavy (non-hydrogen) atoms. The third-order valence-corrected chi connectivity index (χ3v) is 3.78. The molecular formula is C18H24N4O4S2. The van der Waals surface area contributed by atoms with Gasteiger partial charge >= 0.3 is 11.9 Å². The number of benzene rings is 1. The van der Waals surface area contributed by atoms with E-state index in [-0.39, 0.29) is 17.6 Å². The molecule has 1 aliphatic heterocycles. The fourth-order valence-electron chi connectivity index (χ4n) is 2.24. The minimum atomic E-state index is -0.614. The first-order valence-corrected chi connectivity index (χ1v) is 9.30. The third kappa shape index (κ3) is 8.51. The van der Waals surface area contributed by atoms with Gasteiger partial charge in [0.2, 0.25) is 0 Å². The maximum atomic E-state index is 11.5. The average Bonchev–Trinajstić information content (AvgIpc) is 2.69. The summed E-state index contributed by atoms with van der Waals surface area (Å²) < 4.78 is 2.81. The van der Waals surface area contributed by atoms with Crippen molar-refractivity contribution >= 4 is 37.2 Å². The molecule has 1 heterocycles. The van der Waals surface area contributed by atoms with Crippen molar-refractivity contribution in [2.24, 2.45) is 10.4 Å². The van der Waals surface area contributed by atoms with Crippen LogP contribution in [-0.2, 0) is 38.1 Å². The van der Waals surface area contributed by atoms with Gasteiger partial charge in [-0.25, -0.2) is 9.59 Å². The van der Waals surface area contributed by atoms with Gasteiger partial charge in [-0.3, -0.25) is 4.84 Å². The van der Waals surface area contributed by atoms with Gasteiger partial charge in [0, 0.05) is 18.6 Å². The maximum Gasteiger partial charge on any atom is 0.384 e. The molecule has 0 radical (unpaired) electrons. The van der Waals surface area contributed by atoms with Crippen LogP contribution in [0.3, 0.4) is 0 Å². The largest absolute Gasteiger partial charge is 0.384 e. The monoisotopic (exact) mass is 424 g/mol. The molecule has 3 N–H and O–H groups in total. The summed E-state index contributed by atoms with van der Waals surface area (Å²) in [7, 11) is 0. The van der Waals surface area contributed by atoms with Crippen molar-refractivity contribution in [3.05, 3.63) is 59.7 Å². The van der Waals surface area contributed by atoms with Crippen molar-refractivity contribution < 1.29 is 19.3 Å². The van der Waals surface area contributed by atoms with Crippen LogP contribution in [0.2, 0.25) is 0 Å². The van der Waals surface area contributed by atoms with E-state index in [2.05, 4.69) is 80.9 Å². The van der Waals surface area contributed by atoms with E-state index in [0.717, 1.165) is 12.0 Å². The summed E-state index contributed by atoms with van der Waals surface area (Å²) in [6.45, 7) is 6.18. The standard InChI is InChI=1S/C13H19NO2S.C5H5N3O2S/c1-9(2)8-11-4-6-12(7-5-11)10(3)13(15)16-14-17;9-5(10-8-11)4-3-6-1-2-7-4/h4-7,9-10,14,17H,8H2,1-3H3;1-3,6-7H/t10-;/m0./s1. The lowest BCUT2D eigenvalue weighted by atomic mass is 9.97. The zero-order valence-electron chi connectivity index (χ0n) is 15.8. The predicted molar refractivity (Wildman–Crippen MR) is 111 cm³/mol. The number of nitrogens with one attached hydrogen (secondary N) is 3. The fraction of sp³-hybridized carbons (Fsp3) is 0.333. The smallest absolute Gasteiger partial charge is 0.364 e. The number of thiol groups is 1. The lowest BCUT2D eigenvalue weighted by molar-refractivity contribution is -0.148. The molecule has 2 rings (SSSR count). The molecule has 0 spiro atoms. The van der Waals surface area contributed by atoms with Crippen LogP contribution in [0.4, 0.5) is 0 Å². The summed E-state index contributed by atoms with van der Waals surface area (Å²) in [6.07, 6.45) is 5.68. The SMILES string of the molecule is CC(C)Cc1ccc([C@H](C)C(=O)ONS)cc1.O=C(ON=S)C1=CNC=CN1. The first kappa shape index (κ1) is 23.6. The molecule has 10 heteroatoms. The molecular weight excluding hydrogens is 400 g/mol. The van der Waals surface area contributed by atoms with Crippen molar-refractivity contribution in [1.29, 1.82) is 0 Å². The van der Waals surface area contributed by atoms with E-state index in [1.54, 1.807) is 12.4 Å². The molecule has 1 aliphatic rings. The highest BCUT2D eigenvalue weighted by Gasteiger charge is 2.16. The Morgan fingerprint density at radius 1 is 1.21 bits per heavy atom. The molecule has 0 aliphatic carbocycles. The second kappa shape index (κ2) is 12.9. The lowest BCUT2D eigenvalue weighted by Gasteiger charge is -2.11. The van der Waals surface area contributed by atoms with Gasteiger partial charge in [-0.2, -0.15) is 0 Å². The van der Waals surface area contributed by atoms with Crippen LogP contribution in [0.25, 0.3) is 0 Å². The lowest BCUT2D eigenvalue weighted by Crippen LogP contribution is -2.22. The summed E-state index contributed by atoms with van der Waals surface area (Å²) in [5.41, 5.74) is 2.50. The first-order chi connectivity index (χ1) is 13.4. The first-order valence-electron chi connectivity index (χ1n) is 8.49. The zero-order chi connectivity index (χ0) is 20.9. The molecule has 0 unspecified atom stereocenters. The van der Waals surface area contributed by atoms with Gasteiger partial charge < -0.3 is 15.5 Å². The topological polar surface area (TPSA) is 101 Å². The van der Waals surface area contributed by atoms with Gasteiger partial charge in [0.25, 0.3) is 0 Å². The fourth-order valence-corrected chi connectivity index (χ4v) is 2.39. The van der Waals surface area contributed by atoms with Crippen LogP contribution < -0.4 is 15.5 Å². The van der Waals surface area contributed by atoms with E-state index < -0.39 is 5.97 Å². The number of rotatable bonds is 7. The van der Waals surface area contributed by atoms with Crippen LogP contribution in [0, 0.1) is 5.92 Å². The molecule has 0 saturated carbocycles. The molecule has 1 aromatic carbocycles. The summed E-state index contributed by atoms with van der Waals surface area (Å²) in [5, 5.41) is 5.33. The van der Waals surface area contributed by atoms with Crippen LogP contribution in [-0.4, -0.2) is 11.9 Å². The minimum absolute atomic E-state index is 0.265. The quantitative estimate of drug-likeness (QED) is 0.391. The van der Waals surface area contributed by atoms with Crippen molar-refractivity contribution in [2.75, 3.05) is 0 Å². The summed E-state index contributed by atoms with van der Waals surface area (Å²) in [6, 6.07) is 8.07. The Balaban J connectivity index is 0.000000307. The second-order valence-electron chi connectivity index (χ2n) is 6.23. The molecule has 0 bridgehead atoms. The van der Waals surface area contributed by atoms with Gasteiger partial charge in [0.05, 0.1) is 18.3 Å². The van der Waals surface area contributed by atoms with E-state index in [1.807, 2.05) is 19.1 Å². The van der Waals surface area contributed by atoms with E-state index in [9.17, 15) is 9.59 Å². The Morgan fingerprint density at radius 3 is 2.39 bits per heavy atom. The van der Waals surface area contributed by atoms with E-state index >= 15 is 0 Å². The van der Waals surface area contributed by atoms with Crippen molar-refractivity contribution in [1.82, 2.24) is 15.5 Å². The Labute approximate surface area is 175 Å². The maximum absolute atomic E-state index is 11.5. The van der Waals surface area contributed by atoms with Crippen LogP contribution in [0.5, 0.6) is 0 Å². The molecule has 0 saturated heterocycles. The Morgan fingerprint density at radius 2 is 1.89 bits per heavy atom. The summed E-state index contributed by atoms with van der Waals surface area (Å²) in [5.74, 6) is -0.604. The molecule has 0 fully saturated rings. The zero-order valence-corrected chi connectivity index (χ0v) is 17.5.